The van der Waals surface area contributed by atoms with Crippen molar-refractivity contribution in [3.63, 3.8) is 0 Å². The minimum Gasteiger partial charge on any atom is -0.298 e. The second-order valence-corrected chi connectivity index (χ2v) is 6.09. The van der Waals surface area contributed by atoms with Crippen LogP contribution in [0.15, 0.2) is 0 Å². The number of carbonyl (C=O) groups is 3. The number of hydrogen-bond acceptors (Lipinski definition) is 4. The van der Waals surface area contributed by atoms with Gasteiger partial charge in [0.15, 0.2) is 17.3 Å². The maximum atomic E-state index is 11.9. The molecule has 1 aliphatic rings. The van der Waals surface area contributed by atoms with Crippen molar-refractivity contribution in [3.05, 3.63) is 0 Å². The Kier molecular flexibility index (Phi) is 6.61. The van der Waals surface area contributed by atoms with Gasteiger partial charge in [0.2, 0.25) is 0 Å². The van der Waals surface area contributed by atoms with E-state index in [1.54, 1.807) is 6.92 Å². The summed E-state index contributed by atoms with van der Waals surface area (Å²) in [6.07, 6.45) is 3.16. The molecular formula is C14H22O3S. The van der Waals surface area contributed by atoms with Gasteiger partial charge in [0.05, 0.1) is 0 Å². The summed E-state index contributed by atoms with van der Waals surface area (Å²) in [6.45, 7) is 3.85. The highest BCUT2D eigenvalue weighted by molar-refractivity contribution is 7.99. The van der Waals surface area contributed by atoms with Gasteiger partial charge in [-0.1, -0.05) is 13.8 Å². The minimum absolute atomic E-state index is 0.149. The van der Waals surface area contributed by atoms with Gasteiger partial charge in [-0.05, 0) is 30.3 Å². The number of ketones is 3. The Labute approximate surface area is 113 Å². The van der Waals surface area contributed by atoms with Gasteiger partial charge in [0.1, 0.15) is 5.92 Å². The predicted molar refractivity (Wildman–Crippen MR) is 73.8 cm³/mol. The number of hydrogen-bond donors (Lipinski definition) is 0. The van der Waals surface area contributed by atoms with Crippen LogP contribution in [0.1, 0.15) is 46.0 Å². The minimum atomic E-state index is -0.936. The number of thioether (sulfide) groups is 1. The molecule has 0 heterocycles. The Morgan fingerprint density at radius 2 is 1.78 bits per heavy atom. The molecule has 0 radical (unpaired) electrons. The molecular weight excluding hydrogens is 248 g/mol. The highest BCUT2D eigenvalue weighted by Gasteiger charge is 2.38. The van der Waals surface area contributed by atoms with Crippen LogP contribution in [0, 0.1) is 11.8 Å². The van der Waals surface area contributed by atoms with Crippen molar-refractivity contribution in [2.45, 2.75) is 46.0 Å². The molecule has 1 rings (SSSR count). The van der Waals surface area contributed by atoms with Crippen molar-refractivity contribution >= 4 is 29.1 Å². The Morgan fingerprint density at radius 3 is 2.28 bits per heavy atom. The molecule has 0 aliphatic heterocycles. The van der Waals surface area contributed by atoms with Crippen LogP contribution in [0.3, 0.4) is 0 Å². The lowest BCUT2D eigenvalue weighted by molar-refractivity contribution is -0.143. The van der Waals surface area contributed by atoms with Crippen LogP contribution in [0.2, 0.25) is 0 Å². The number of Topliss-reactive ketones (excluding diaryl/α,β-unsaturated/α-hetero) is 3. The summed E-state index contributed by atoms with van der Waals surface area (Å²) in [4.78, 5) is 35.3. The first-order valence-corrected chi connectivity index (χ1v) is 7.91. The van der Waals surface area contributed by atoms with Gasteiger partial charge in [-0.2, -0.15) is 11.8 Å². The SMILES string of the molecule is CCCSCCC1CC(=O)C(C(=O)CC)C(=O)C1. The first kappa shape index (κ1) is 15.4. The van der Waals surface area contributed by atoms with Crippen LogP contribution < -0.4 is 0 Å². The van der Waals surface area contributed by atoms with Crippen molar-refractivity contribution < 1.29 is 14.4 Å². The molecule has 0 bridgehead atoms. The largest absolute Gasteiger partial charge is 0.298 e. The Bertz CT molecular complexity index is 307. The van der Waals surface area contributed by atoms with Crippen LogP contribution >= 0.6 is 11.8 Å². The predicted octanol–water partition coefficient (Wildman–Crippen LogP) is 2.66. The maximum absolute atomic E-state index is 11.9. The van der Waals surface area contributed by atoms with Crippen molar-refractivity contribution in [2.24, 2.45) is 11.8 Å². The summed E-state index contributed by atoms with van der Waals surface area (Å²) in [7, 11) is 0. The smallest absolute Gasteiger partial charge is 0.151 e. The molecule has 18 heavy (non-hydrogen) atoms. The molecule has 0 aromatic carbocycles. The molecule has 1 saturated carbocycles. The molecule has 0 aromatic heterocycles. The zero-order chi connectivity index (χ0) is 13.5. The molecule has 3 nitrogen and oxygen atoms in total. The molecule has 1 aliphatic carbocycles. The first-order chi connectivity index (χ1) is 8.60. The molecule has 4 heteroatoms. The van der Waals surface area contributed by atoms with Crippen molar-refractivity contribution in [2.75, 3.05) is 11.5 Å². The fourth-order valence-electron chi connectivity index (χ4n) is 2.32. The fraction of sp³-hybridized carbons (Fsp3) is 0.786. The highest BCUT2D eigenvalue weighted by atomic mass is 32.2. The van der Waals surface area contributed by atoms with E-state index in [1.807, 2.05) is 11.8 Å². The lowest BCUT2D eigenvalue weighted by Gasteiger charge is -2.25. The van der Waals surface area contributed by atoms with Gasteiger partial charge in [0, 0.05) is 19.3 Å². The van der Waals surface area contributed by atoms with E-state index in [2.05, 4.69) is 6.92 Å². The Morgan fingerprint density at radius 1 is 1.17 bits per heavy atom. The van der Waals surface area contributed by atoms with E-state index in [4.69, 9.17) is 0 Å². The van der Waals surface area contributed by atoms with Crippen molar-refractivity contribution in [1.82, 2.24) is 0 Å². The zero-order valence-electron chi connectivity index (χ0n) is 11.2. The lowest BCUT2D eigenvalue weighted by atomic mass is 9.76. The van der Waals surface area contributed by atoms with E-state index < -0.39 is 5.92 Å². The molecule has 0 unspecified atom stereocenters. The monoisotopic (exact) mass is 270 g/mol. The normalized spacial score (nSPS) is 24.3. The molecule has 0 atom stereocenters. The van der Waals surface area contributed by atoms with E-state index in [1.165, 1.54) is 0 Å². The van der Waals surface area contributed by atoms with Gasteiger partial charge in [0.25, 0.3) is 0 Å². The van der Waals surface area contributed by atoms with Crippen LogP contribution in [0.4, 0.5) is 0 Å². The third-order valence-electron chi connectivity index (χ3n) is 3.31. The van der Waals surface area contributed by atoms with E-state index in [-0.39, 0.29) is 29.7 Å². The Balaban J connectivity index is 2.44. The van der Waals surface area contributed by atoms with Gasteiger partial charge in [-0.15, -0.1) is 0 Å². The summed E-state index contributed by atoms with van der Waals surface area (Å²) in [5.41, 5.74) is 0. The maximum Gasteiger partial charge on any atom is 0.151 e. The van der Waals surface area contributed by atoms with Crippen LogP contribution in [-0.4, -0.2) is 28.9 Å². The van der Waals surface area contributed by atoms with Gasteiger partial charge >= 0.3 is 0 Å². The summed E-state index contributed by atoms with van der Waals surface area (Å²) >= 11 is 1.87. The first-order valence-electron chi connectivity index (χ1n) is 6.76. The van der Waals surface area contributed by atoms with Crippen molar-refractivity contribution in [3.8, 4) is 0 Å². The third kappa shape index (κ3) is 4.23. The fourth-order valence-corrected chi connectivity index (χ4v) is 3.31. The third-order valence-corrected chi connectivity index (χ3v) is 4.53. The standard InChI is InChI=1S/C14H22O3S/c1-3-6-18-7-5-10-8-12(16)14(11(15)4-2)13(17)9-10/h10,14H,3-9H2,1-2H3. The van der Waals surface area contributed by atoms with Crippen LogP contribution in [-0.2, 0) is 14.4 Å². The van der Waals surface area contributed by atoms with Gasteiger partial charge in [-0.3, -0.25) is 14.4 Å². The molecule has 0 amide bonds. The van der Waals surface area contributed by atoms with Crippen LogP contribution in [0.5, 0.6) is 0 Å². The van der Waals surface area contributed by atoms with E-state index in [0.717, 1.165) is 24.3 Å². The highest BCUT2D eigenvalue weighted by Crippen LogP contribution is 2.28. The topological polar surface area (TPSA) is 51.2 Å². The summed E-state index contributed by atoms with van der Waals surface area (Å²) in [6, 6.07) is 0. The number of rotatable bonds is 7. The van der Waals surface area contributed by atoms with E-state index >= 15 is 0 Å². The molecule has 102 valence electrons. The molecule has 0 N–H and O–H groups in total. The number of carbonyl (C=O) groups excluding carboxylic acids is 3. The molecule has 0 aromatic rings. The summed E-state index contributed by atoms with van der Waals surface area (Å²) in [5, 5.41) is 0. The lowest BCUT2D eigenvalue weighted by Crippen LogP contribution is -2.38. The molecule has 1 fully saturated rings. The van der Waals surface area contributed by atoms with E-state index in [0.29, 0.717) is 12.8 Å². The van der Waals surface area contributed by atoms with Gasteiger partial charge in [-0.25, -0.2) is 0 Å². The average Bonchev–Trinajstić information content (AvgIpc) is 2.33. The second kappa shape index (κ2) is 7.72. The molecule has 0 spiro atoms. The van der Waals surface area contributed by atoms with Gasteiger partial charge < -0.3 is 0 Å². The average molecular weight is 270 g/mol. The quantitative estimate of drug-likeness (QED) is 0.527. The van der Waals surface area contributed by atoms with E-state index in [9.17, 15) is 14.4 Å². The van der Waals surface area contributed by atoms with Crippen molar-refractivity contribution in [1.29, 1.82) is 0 Å². The zero-order valence-corrected chi connectivity index (χ0v) is 12.1. The second-order valence-electron chi connectivity index (χ2n) is 4.86. The molecule has 0 saturated heterocycles. The Hall–Kier alpha value is -0.640. The summed E-state index contributed by atoms with van der Waals surface area (Å²) < 4.78 is 0. The summed E-state index contributed by atoms with van der Waals surface area (Å²) in [5.74, 6) is 0.859. The van der Waals surface area contributed by atoms with Crippen LogP contribution in [0.25, 0.3) is 0 Å².